The van der Waals surface area contributed by atoms with E-state index in [2.05, 4.69) is 5.32 Å². The fourth-order valence-electron chi connectivity index (χ4n) is 1.90. The Morgan fingerprint density at radius 1 is 1.00 bits per heavy atom. The van der Waals surface area contributed by atoms with E-state index in [1.54, 1.807) is 49.6 Å². The third-order valence-corrected chi connectivity index (χ3v) is 3.03. The molecule has 0 radical (unpaired) electrons. The molecule has 0 aliphatic rings. The average molecular weight is 295 g/mol. The summed E-state index contributed by atoms with van der Waals surface area (Å²) < 4.78 is 5.06. The summed E-state index contributed by atoms with van der Waals surface area (Å²) in [5, 5.41) is 2.69. The van der Waals surface area contributed by atoms with Gasteiger partial charge in [-0.05, 0) is 48.0 Å². The molecule has 0 aromatic heterocycles. The van der Waals surface area contributed by atoms with Gasteiger partial charge in [-0.25, -0.2) is 0 Å². The van der Waals surface area contributed by atoms with Crippen LogP contribution in [0.2, 0.25) is 0 Å². The largest absolute Gasteiger partial charge is 0.497 e. The van der Waals surface area contributed by atoms with Gasteiger partial charge in [0.2, 0.25) is 5.91 Å². The maximum Gasteiger partial charge on any atom is 0.221 e. The van der Waals surface area contributed by atoms with Crippen molar-refractivity contribution in [2.24, 2.45) is 0 Å². The molecular formula is C18H17NO3. The maximum absolute atomic E-state index is 12.0. The van der Waals surface area contributed by atoms with Gasteiger partial charge in [-0.1, -0.05) is 18.2 Å². The van der Waals surface area contributed by atoms with Crippen molar-refractivity contribution in [3.8, 4) is 5.75 Å². The number of nitrogens with one attached hydrogen (secondary N) is 1. The third-order valence-electron chi connectivity index (χ3n) is 3.03. The Balaban J connectivity index is 2.03. The normalized spacial score (nSPS) is 10.5. The number of carbonyl (C=O) groups excluding carboxylic acids is 2. The van der Waals surface area contributed by atoms with E-state index in [0.717, 1.165) is 11.3 Å². The first-order valence-corrected chi connectivity index (χ1v) is 6.82. The van der Waals surface area contributed by atoms with Gasteiger partial charge in [0.15, 0.2) is 5.78 Å². The molecule has 0 aliphatic carbocycles. The predicted octanol–water partition coefficient (Wildman–Crippen LogP) is 3.55. The molecule has 2 aromatic rings. The molecule has 0 unspecified atom stereocenters. The summed E-state index contributed by atoms with van der Waals surface area (Å²) in [4.78, 5) is 23.0. The second-order valence-electron chi connectivity index (χ2n) is 4.73. The van der Waals surface area contributed by atoms with E-state index in [0.29, 0.717) is 11.3 Å². The van der Waals surface area contributed by atoms with Crippen LogP contribution in [0.15, 0.2) is 54.6 Å². The predicted molar refractivity (Wildman–Crippen MR) is 87.1 cm³/mol. The van der Waals surface area contributed by atoms with Crippen LogP contribution in [0.1, 0.15) is 22.8 Å². The molecule has 0 atom stereocenters. The van der Waals surface area contributed by atoms with Gasteiger partial charge in [0, 0.05) is 18.2 Å². The second-order valence-corrected chi connectivity index (χ2v) is 4.73. The number of hydrogen-bond acceptors (Lipinski definition) is 3. The number of allylic oxidation sites excluding steroid dienone is 1. The summed E-state index contributed by atoms with van der Waals surface area (Å²) in [7, 11) is 1.58. The third kappa shape index (κ3) is 4.31. The van der Waals surface area contributed by atoms with Crippen molar-refractivity contribution in [3.63, 3.8) is 0 Å². The molecule has 0 aliphatic heterocycles. The monoisotopic (exact) mass is 295 g/mol. The lowest BCUT2D eigenvalue weighted by Gasteiger charge is -2.02. The van der Waals surface area contributed by atoms with E-state index >= 15 is 0 Å². The molecule has 4 nitrogen and oxygen atoms in total. The van der Waals surface area contributed by atoms with Crippen molar-refractivity contribution in [2.45, 2.75) is 6.92 Å². The highest BCUT2D eigenvalue weighted by Crippen LogP contribution is 2.14. The minimum absolute atomic E-state index is 0.0754. The number of hydrogen-bond donors (Lipinski definition) is 1. The molecule has 4 heteroatoms. The molecule has 0 saturated carbocycles. The van der Waals surface area contributed by atoms with Gasteiger partial charge in [0.1, 0.15) is 5.75 Å². The highest BCUT2D eigenvalue weighted by molar-refractivity contribution is 6.06. The smallest absolute Gasteiger partial charge is 0.221 e. The van der Waals surface area contributed by atoms with Crippen molar-refractivity contribution in [1.82, 2.24) is 0 Å². The van der Waals surface area contributed by atoms with Crippen LogP contribution >= 0.6 is 0 Å². The number of ether oxygens (including phenoxy) is 1. The Labute approximate surface area is 129 Å². The van der Waals surface area contributed by atoms with Crippen LogP contribution in [-0.4, -0.2) is 18.8 Å². The van der Waals surface area contributed by atoms with Crippen LogP contribution in [-0.2, 0) is 4.79 Å². The Morgan fingerprint density at radius 2 is 1.64 bits per heavy atom. The number of benzene rings is 2. The van der Waals surface area contributed by atoms with E-state index in [1.807, 2.05) is 12.1 Å². The molecule has 0 saturated heterocycles. The lowest BCUT2D eigenvalue weighted by molar-refractivity contribution is -0.114. The lowest BCUT2D eigenvalue weighted by Crippen LogP contribution is -2.05. The first-order chi connectivity index (χ1) is 10.6. The van der Waals surface area contributed by atoms with Crippen LogP contribution in [0.4, 0.5) is 5.69 Å². The summed E-state index contributed by atoms with van der Waals surface area (Å²) in [5.74, 6) is 0.528. The number of ketones is 1. The quantitative estimate of drug-likeness (QED) is 0.678. The number of anilines is 1. The molecule has 0 spiro atoms. The zero-order chi connectivity index (χ0) is 15.9. The molecule has 2 rings (SSSR count). The summed E-state index contributed by atoms with van der Waals surface area (Å²) >= 11 is 0. The Morgan fingerprint density at radius 3 is 2.18 bits per heavy atom. The van der Waals surface area contributed by atoms with E-state index in [1.165, 1.54) is 13.0 Å². The van der Waals surface area contributed by atoms with E-state index in [-0.39, 0.29) is 11.7 Å². The fourth-order valence-corrected chi connectivity index (χ4v) is 1.90. The van der Waals surface area contributed by atoms with Crippen LogP contribution in [0.3, 0.4) is 0 Å². The molecule has 22 heavy (non-hydrogen) atoms. The topological polar surface area (TPSA) is 55.4 Å². The number of methoxy groups -OCH3 is 1. The Bertz CT molecular complexity index is 685. The summed E-state index contributed by atoms with van der Waals surface area (Å²) in [6.45, 7) is 1.46. The standard InChI is InChI=1S/C18H17NO3/c1-13(20)19-16-8-3-14(4-9-16)5-12-18(21)15-6-10-17(22-2)11-7-15/h3-12H,1-2H3,(H,19,20)/b12-5+. The van der Waals surface area contributed by atoms with Crippen molar-refractivity contribution in [1.29, 1.82) is 0 Å². The van der Waals surface area contributed by atoms with Gasteiger partial charge >= 0.3 is 0 Å². The van der Waals surface area contributed by atoms with Gasteiger partial charge in [-0.15, -0.1) is 0 Å². The van der Waals surface area contributed by atoms with Crippen molar-refractivity contribution < 1.29 is 14.3 Å². The van der Waals surface area contributed by atoms with E-state index in [4.69, 9.17) is 4.74 Å². The van der Waals surface area contributed by atoms with Gasteiger partial charge in [-0.2, -0.15) is 0 Å². The maximum atomic E-state index is 12.0. The average Bonchev–Trinajstić information content (AvgIpc) is 2.53. The molecule has 0 fully saturated rings. The van der Waals surface area contributed by atoms with Gasteiger partial charge < -0.3 is 10.1 Å². The number of carbonyl (C=O) groups is 2. The van der Waals surface area contributed by atoms with Gasteiger partial charge in [0.05, 0.1) is 7.11 Å². The Kier molecular flexibility index (Phi) is 5.09. The summed E-state index contributed by atoms with van der Waals surface area (Å²) in [6, 6.07) is 14.2. The molecular weight excluding hydrogens is 278 g/mol. The zero-order valence-electron chi connectivity index (χ0n) is 12.5. The van der Waals surface area contributed by atoms with Crippen LogP contribution < -0.4 is 10.1 Å². The van der Waals surface area contributed by atoms with Crippen LogP contribution in [0.25, 0.3) is 6.08 Å². The first-order valence-electron chi connectivity index (χ1n) is 6.82. The molecule has 1 amide bonds. The lowest BCUT2D eigenvalue weighted by atomic mass is 10.1. The molecule has 0 bridgehead atoms. The highest BCUT2D eigenvalue weighted by atomic mass is 16.5. The molecule has 2 aromatic carbocycles. The van der Waals surface area contributed by atoms with Crippen molar-refractivity contribution in [3.05, 3.63) is 65.7 Å². The summed E-state index contributed by atoms with van der Waals surface area (Å²) in [6.07, 6.45) is 3.26. The van der Waals surface area contributed by atoms with Crippen molar-refractivity contribution >= 4 is 23.5 Å². The summed E-state index contributed by atoms with van der Waals surface area (Å²) in [5.41, 5.74) is 2.22. The number of rotatable bonds is 5. The second kappa shape index (κ2) is 7.22. The highest BCUT2D eigenvalue weighted by Gasteiger charge is 2.02. The molecule has 0 heterocycles. The first kappa shape index (κ1) is 15.5. The molecule has 112 valence electrons. The SMILES string of the molecule is COc1ccc(C(=O)/C=C/c2ccc(NC(C)=O)cc2)cc1. The fraction of sp³-hybridized carbons (Fsp3) is 0.111. The minimum Gasteiger partial charge on any atom is -0.497 e. The van der Waals surface area contributed by atoms with E-state index in [9.17, 15) is 9.59 Å². The van der Waals surface area contributed by atoms with Crippen LogP contribution in [0.5, 0.6) is 5.75 Å². The van der Waals surface area contributed by atoms with Gasteiger partial charge in [-0.3, -0.25) is 9.59 Å². The molecule has 1 N–H and O–H groups in total. The van der Waals surface area contributed by atoms with Crippen molar-refractivity contribution in [2.75, 3.05) is 12.4 Å². The zero-order valence-corrected chi connectivity index (χ0v) is 12.5. The van der Waals surface area contributed by atoms with Gasteiger partial charge in [0.25, 0.3) is 0 Å². The van der Waals surface area contributed by atoms with Crippen LogP contribution in [0, 0.1) is 0 Å². The van der Waals surface area contributed by atoms with E-state index < -0.39 is 0 Å². The Hall–Kier alpha value is -2.88. The minimum atomic E-state index is -0.113. The number of amides is 1.